The lowest BCUT2D eigenvalue weighted by Crippen LogP contribution is -2.38. The van der Waals surface area contributed by atoms with Crippen LogP contribution in [-0.4, -0.2) is 61.1 Å². The predicted molar refractivity (Wildman–Crippen MR) is 123 cm³/mol. The standard InChI is InChI=1S/C21H28N6O.C2HF3O2/c1-14-9-21-24-12-19(16(3)27(21)25-14)15(2)23-11-17-6-7-22-20(10-17)26-8-4-5-18(28)13-26;3-2(4,5)1(6)7/h6-7,9-10,12,15,18,23,28H,4-5,8,11,13H2,1-3H3;(H,6,7). The van der Waals surface area contributed by atoms with Crippen LogP contribution in [0, 0.1) is 13.8 Å². The Labute approximate surface area is 200 Å². The Balaban J connectivity index is 0.000000429. The number of aliphatic carboxylic acids is 1. The third-order valence-corrected chi connectivity index (χ3v) is 5.74. The molecule has 0 bridgehead atoms. The Hall–Kier alpha value is -3.25. The molecule has 3 aromatic heterocycles. The monoisotopic (exact) mass is 494 g/mol. The number of carbonyl (C=O) groups is 1. The first-order valence-electron chi connectivity index (χ1n) is 11.2. The highest BCUT2D eigenvalue weighted by Crippen LogP contribution is 2.21. The summed E-state index contributed by atoms with van der Waals surface area (Å²) in [5, 5.41) is 25.2. The summed E-state index contributed by atoms with van der Waals surface area (Å²) in [5.41, 5.74) is 5.28. The van der Waals surface area contributed by atoms with Gasteiger partial charge in [0.15, 0.2) is 5.65 Å². The second kappa shape index (κ2) is 11.0. The van der Waals surface area contributed by atoms with Crippen molar-refractivity contribution in [3.05, 3.63) is 53.1 Å². The maximum Gasteiger partial charge on any atom is 0.490 e. The molecule has 2 atom stereocenters. The zero-order chi connectivity index (χ0) is 25.8. The zero-order valence-electron chi connectivity index (χ0n) is 19.7. The Kier molecular flexibility index (Phi) is 8.28. The zero-order valence-corrected chi connectivity index (χ0v) is 19.7. The number of aliphatic hydroxyl groups excluding tert-OH is 1. The van der Waals surface area contributed by atoms with Gasteiger partial charge in [0.1, 0.15) is 5.82 Å². The summed E-state index contributed by atoms with van der Waals surface area (Å²) in [5.74, 6) is -1.82. The molecule has 4 heterocycles. The summed E-state index contributed by atoms with van der Waals surface area (Å²) in [6.45, 7) is 8.57. The molecule has 0 aliphatic carbocycles. The molecule has 3 N–H and O–H groups in total. The van der Waals surface area contributed by atoms with Gasteiger partial charge in [0, 0.05) is 55.4 Å². The number of alkyl halides is 3. The van der Waals surface area contributed by atoms with E-state index in [-0.39, 0.29) is 12.1 Å². The number of aromatic nitrogens is 4. The average Bonchev–Trinajstić information content (AvgIpc) is 3.19. The van der Waals surface area contributed by atoms with Gasteiger partial charge in [0.2, 0.25) is 0 Å². The van der Waals surface area contributed by atoms with Crippen molar-refractivity contribution in [3.8, 4) is 0 Å². The van der Waals surface area contributed by atoms with Gasteiger partial charge in [0.05, 0.1) is 11.8 Å². The summed E-state index contributed by atoms with van der Waals surface area (Å²) in [6.07, 6.45) is 0.334. The Bertz CT molecular complexity index is 1170. The minimum absolute atomic E-state index is 0.148. The van der Waals surface area contributed by atoms with E-state index in [4.69, 9.17) is 9.90 Å². The molecule has 3 aromatic rings. The first-order valence-corrected chi connectivity index (χ1v) is 11.2. The number of fused-ring (bicyclic) bond motifs is 1. The number of rotatable bonds is 5. The van der Waals surface area contributed by atoms with Crippen molar-refractivity contribution in [2.45, 2.75) is 58.5 Å². The average molecular weight is 495 g/mol. The molecule has 0 radical (unpaired) electrons. The van der Waals surface area contributed by atoms with Crippen LogP contribution >= 0.6 is 0 Å². The van der Waals surface area contributed by atoms with Crippen LogP contribution < -0.4 is 10.2 Å². The number of pyridine rings is 1. The maximum atomic E-state index is 10.6. The van der Waals surface area contributed by atoms with Crippen LogP contribution in [0.1, 0.15) is 48.3 Å². The van der Waals surface area contributed by atoms with Crippen LogP contribution in [0.2, 0.25) is 0 Å². The third-order valence-electron chi connectivity index (χ3n) is 5.74. The smallest absolute Gasteiger partial charge is 0.475 e. The summed E-state index contributed by atoms with van der Waals surface area (Å²) >= 11 is 0. The molecule has 9 nitrogen and oxygen atoms in total. The Morgan fingerprint density at radius 2 is 2.00 bits per heavy atom. The number of halogens is 3. The summed E-state index contributed by atoms with van der Waals surface area (Å²) in [7, 11) is 0. The van der Waals surface area contributed by atoms with Gasteiger partial charge in [-0.15, -0.1) is 0 Å². The van der Waals surface area contributed by atoms with E-state index in [0.29, 0.717) is 6.54 Å². The number of piperidine rings is 1. The second-order valence-electron chi connectivity index (χ2n) is 8.52. The Morgan fingerprint density at radius 3 is 2.66 bits per heavy atom. The van der Waals surface area contributed by atoms with Crippen molar-refractivity contribution in [2.75, 3.05) is 18.0 Å². The lowest BCUT2D eigenvalue weighted by molar-refractivity contribution is -0.192. The van der Waals surface area contributed by atoms with Crippen molar-refractivity contribution in [2.24, 2.45) is 0 Å². The van der Waals surface area contributed by atoms with E-state index in [1.807, 2.05) is 36.0 Å². The van der Waals surface area contributed by atoms with Crippen LogP contribution in [0.3, 0.4) is 0 Å². The molecular weight excluding hydrogens is 465 g/mol. The van der Waals surface area contributed by atoms with Gasteiger partial charge in [-0.1, -0.05) is 0 Å². The molecular formula is C23H29F3N6O3. The summed E-state index contributed by atoms with van der Waals surface area (Å²) < 4.78 is 33.6. The highest BCUT2D eigenvalue weighted by Gasteiger charge is 2.38. The minimum Gasteiger partial charge on any atom is -0.475 e. The van der Waals surface area contributed by atoms with Crippen LogP contribution in [0.15, 0.2) is 30.6 Å². The van der Waals surface area contributed by atoms with Gasteiger partial charge in [-0.2, -0.15) is 18.3 Å². The summed E-state index contributed by atoms with van der Waals surface area (Å²) in [4.78, 5) is 20.1. The molecule has 0 spiro atoms. The third kappa shape index (κ3) is 6.89. The maximum absolute atomic E-state index is 10.6. The first kappa shape index (κ1) is 26.4. The summed E-state index contributed by atoms with van der Waals surface area (Å²) in [6, 6.07) is 6.29. The number of aliphatic hydroxyl groups is 1. The lowest BCUT2D eigenvalue weighted by Gasteiger charge is -2.31. The molecule has 0 aromatic carbocycles. The highest BCUT2D eigenvalue weighted by molar-refractivity contribution is 5.73. The fraction of sp³-hybridized carbons (Fsp3) is 0.478. The lowest BCUT2D eigenvalue weighted by atomic mass is 10.1. The number of carboxylic acids is 1. The van der Waals surface area contributed by atoms with Crippen molar-refractivity contribution in [1.29, 1.82) is 0 Å². The van der Waals surface area contributed by atoms with Crippen molar-refractivity contribution in [3.63, 3.8) is 0 Å². The van der Waals surface area contributed by atoms with Gasteiger partial charge in [-0.25, -0.2) is 19.3 Å². The van der Waals surface area contributed by atoms with E-state index < -0.39 is 12.1 Å². The molecule has 35 heavy (non-hydrogen) atoms. The molecule has 0 saturated carbocycles. The van der Waals surface area contributed by atoms with Crippen molar-refractivity contribution in [1.82, 2.24) is 24.9 Å². The fourth-order valence-corrected chi connectivity index (χ4v) is 3.89. The Morgan fingerprint density at radius 1 is 1.29 bits per heavy atom. The SMILES string of the molecule is Cc1cc2ncc(C(C)NCc3ccnc(N4CCCC(O)C4)c3)c(C)n2n1.O=C(O)C(F)(F)F. The molecule has 1 aliphatic rings. The fourth-order valence-electron chi connectivity index (χ4n) is 3.89. The van der Waals surface area contributed by atoms with E-state index >= 15 is 0 Å². The molecule has 12 heteroatoms. The predicted octanol–water partition coefficient (Wildman–Crippen LogP) is 3.19. The number of hydrogen-bond acceptors (Lipinski definition) is 7. The highest BCUT2D eigenvalue weighted by atomic mass is 19.4. The molecule has 1 fully saturated rings. The van der Waals surface area contributed by atoms with E-state index in [0.717, 1.165) is 54.3 Å². The number of carboxylic acid groups (broad SMARTS) is 1. The topological polar surface area (TPSA) is 116 Å². The van der Waals surface area contributed by atoms with Gasteiger partial charge in [-0.05, 0) is 51.3 Å². The van der Waals surface area contributed by atoms with E-state index in [9.17, 15) is 18.3 Å². The molecule has 0 amide bonds. The van der Waals surface area contributed by atoms with Crippen molar-refractivity contribution < 1.29 is 28.2 Å². The molecule has 190 valence electrons. The van der Waals surface area contributed by atoms with Gasteiger partial charge >= 0.3 is 12.1 Å². The quantitative estimate of drug-likeness (QED) is 0.495. The molecule has 2 unspecified atom stereocenters. The van der Waals surface area contributed by atoms with Crippen LogP contribution in [0.25, 0.3) is 5.65 Å². The number of nitrogens with one attached hydrogen (secondary N) is 1. The normalized spacial score (nSPS) is 17.1. The van der Waals surface area contributed by atoms with Gasteiger partial charge in [-0.3, -0.25) is 0 Å². The second-order valence-corrected chi connectivity index (χ2v) is 8.52. The minimum atomic E-state index is -5.08. The van der Waals surface area contributed by atoms with E-state index in [1.165, 1.54) is 5.56 Å². The number of nitrogens with zero attached hydrogens (tertiary/aromatic N) is 5. The van der Waals surface area contributed by atoms with Gasteiger partial charge in [0.25, 0.3) is 0 Å². The molecule has 1 aliphatic heterocycles. The van der Waals surface area contributed by atoms with Gasteiger partial charge < -0.3 is 20.4 Å². The van der Waals surface area contributed by atoms with Crippen molar-refractivity contribution >= 4 is 17.4 Å². The van der Waals surface area contributed by atoms with E-state index in [1.54, 1.807) is 0 Å². The van der Waals surface area contributed by atoms with Crippen LogP contribution in [0.5, 0.6) is 0 Å². The number of anilines is 1. The van der Waals surface area contributed by atoms with E-state index in [2.05, 4.69) is 45.2 Å². The van der Waals surface area contributed by atoms with Crippen LogP contribution in [0.4, 0.5) is 19.0 Å². The number of hydrogen-bond donors (Lipinski definition) is 3. The number of β-amino-alcohol motifs (C(OH)–C–C–N with tert-alkyl or cyclic N) is 1. The number of aryl methyl sites for hydroxylation is 2. The largest absolute Gasteiger partial charge is 0.490 e. The van der Waals surface area contributed by atoms with Crippen LogP contribution in [-0.2, 0) is 11.3 Å². The first-order chi connectivity index (χ1) is 16.5. The molecule has 4 rings (SSSR count). The molecule has 1 saturated heterocycles.